The van der Waals surface area contributed by atoms with Gasteiger partial charge in [0, 0.05) is 37.1 Å². The quantitative estimate of drug-likeness (QED) is 0.865. The van der Waals surface area contributed by atoms with E-state index in [4.69, 9.17) is 4.74 Å². The van der Waals surface area contributed by atoms with Gasteiger partial charge in [0.05, 0.1) is 17.2 Å². The summed E-state index contributed by atoms with van der Waals surface area (Å²) in [5, 5.41) is 0.462. The molecule has 2 aliphatic heterocycles. The minimum Gasteiger partial charge on any atom is -0.378 e. The molecule has 0 saturated carbocycles. The lowest BCUT2D eigenvalue weighted by molar-refractivity contribution is -0.0606. The highest BCUT2D eigenvalue weighted by Gasteiger charge is 2.34. The number of ether oxygens (including phenoxy) is 1. The Balaban J connectivity index is 1.71. The van der Waals surface area contributed by atoms with Crippen molar-refractivity contribution in [1.29, 1.82) is 0 Å². The van der Waals surface area contributed by atoms with Crippen LogP contribution in [-0.4, -0.2) is 41.6 Å². The predicted octanol–water partition coefficient (Wildman–Crippen LogP) is 2.62. The van der Waals surface area contributed by atoms with Gasteiger partial charge in [0.1, 0.15) is 5.82 Å². The molecule has 6 heteroatoms. The van der Waals surface area contributed by atoms with Crippen LogP contribution in [-0.2, 0) is 4.74 Å². The van der Waals surface area contributed by atoms with Crippen LogP contribution in [0, 0.1) is 18.7 Å². The van der Waals surface area contributed by atoms with Gasteiger partial charge in [-0.25, -0.2) is 4.39 Å². The molecule has 2 aromatic rings. The predicted molar refractivity (Wildman–Crippen MR) is 92.2 cm³/mol. The molecule has 0 bridgehead atoms. The standard InChI is InChI=1S/C19H21FN2O3/c1-11-7-13-14(9-17(23)21-18(13)15(20)8-11)19(24)22-5-4-16-12(10-22)3-2-6-25-16/h7-9,12,16H,2-6,10H2,1H3,(H,21,23)/t12-,16+/m0/s1. The van der Waals surface area contributed by atoms with Crippen molar-refractivity contribution in [3.63, 3.8) is 0 Å². The third-order valence-corrected chi connectivity index (χ3v) is 5.28. The maximum absolute atomic E-state index is 14.2. The summed E-state index contributed by atoms with van der Waals surface area (Å²) in [4.78, 5) is 29.3. The highest BCUT2D eigenvalue weighted by molar-refractivity contribution is 6.06. The molecule has 2 aliphatic rings. The molecule has 4 rings (SSSR count). The van der Waals surface area contributed by atoms with Crippen molar-refractivity contribution in [1.82, 2.24) is 9.88 Å². The third kappa shape index (κ3) is 2.95. The number of likely N-dealkylation sites (tertiary alicyclic amines) is 1. The Bertz CT molecular complexity index is 892. The van der Waals surface area contributed by atoms with Crippen LogP contribution in [0.25, 0.3) is 10.9 Å². The van der Waals surface area contributed by atoms with Crippen LogP contribution < -0.4 is 5.56 Å². The average molecular weight is 344 g/mol. The number of piperidine rings is 1. The molecule has 132 valence electrons. The molecular formula is C19H21FN2O3. The number of rotatable bonds is 1. The summed E-state index contributed by atoms with van der Waals surface area (Å²) in [6.45, 7) is 3.80. The summed E-state index contributed by atoms with van der Waals surface area (Å²) in [5.74, 6) is -0.371. The molecule has 5 nitrogen and oxygen atoms in total. The van der Waals surface area contributed by atoms with Crippen LogP contribution in [0.15, 0.2) is 23.0 Å². The largest absolute Gasteiger partial charge is 0.378 e. The zero-order valence-electron chi connectivity index (χ0n) is 14.2. The Hall–Kier alpha value is -2.21. The second-order valence-electron chi connectivity index (χ2n) is 7.07. The maximum Gasteiger partial charge on any atom is 0.254 e. The number of H-pyrrole nitrogens is 1. The number of nitrogens with one attached hydrogen (secondary N) is 1. The van der Waals surface area contributed by atoms with E-state index in [-0.39, 0.29) is 23.1 Å². The fraction of sp³-hybridized carbons (Fsp3) is 0.474. The monoisotopic (exact) mass is 344 g/mol. The number of nitrogens with zero attached hydrogens (tertiary/aromatic N) is 1. The van der Waals surface area contributed by atoms with Gasteiger partial charge in [0.2, 0.25) is 5.56 Å². The zero-order valence-corrected chi connectivity index (χ0v) is 14.2. The normalized spacial score (nSPS) is 23.5. The molecule has 0 spiro atoms. The average Bonchev–Trinajstić information content (AvgIpc) is 2.61. The number of aromatic amines is 1. The first kappa shape index (κ1) is 16.3. The van der Waals surface area contributed by atoms with Crippen molar-refractivity contribution in [2.24, 2.45) is 5.92 Å². The molecule has 0 unspecified atom stereocenters. The lowest BCUT2D eigenvalue weighted by Crippen LogP contribution is -2.48. The first-order valence-electron chi connectivity index (χ1n) is 8.77. The van der Waals surface area contributed by atoms with Crippen LogP contribution in [0.5, 0.6) is 0 Å². The van der Waals surface area contributed by atoms with Gasteiger partial charge in [-0.15, -0.1) is 0 Å². The van der Waals surface area contributed by atoms with Gasteiger partial charge in [-0.1, -0.05) is 0 Å². The van der Waals surface area contributed by atoms with E-state index >= 15 is 0 Å². The van der Waals surface area contributed by atoms with Gasteiger partial charge in [0.25, 0.3) is 5.91 Å². The minimum atomic E-state index is -0.513. The van der Waals surface area contributed by atoms with E-state index in [0.29, 0.717) is 30.0 Å². The summed E-state index contributed by atoms with van der Waals surface area (Å²) in [7, 11) is 0. The van der Waals surface area contributed by atoms with Crippen molar-refractivity contribution in [2.75, 3.05) is 19.7 Å². The molecule has 1 amide bonds. The number of aromatic nitrogens is 1. The van der Waals surface area contributed by atoms with E-state index in [9.17, 15) is 14.0 Å². The summed E-state index contributed by atoms with van der Waals surface area (Å²) >= 11 is 0. The SMILES string of the molecule is Cc1cc(F)c2[nH]c(=O)cc(C(=O)N3CC[C@H]4OCCC[C@H]4C3)c2c1. The topological polar surface area (TPSA) is 62.4 Å². The van der Waals surface area contributed by atoms with E-state index < -0.39 is 11.4 Å². The fourth-order valence-electron chi connectivity index (χ4n) is 4.07. The van der Waals surface area contributed by atoms with Crippen molar-refractivity contribution in [3.8, 4) is 0 Å². The van der Waals surface area contributed by atoms with Crippen molar-refractivity contribution in [2.45, 2.75) is 32.3 Å². The minimum absolute atomic E-state index is 0.0948. The lowest BCUT2D eigenvalue weighted by atomic mass is 9.88. The van der Waals surface area contributed by atoms with Crippen molar-refractivity contribution >= 4 is 16.8 Å². The van der Waals surface area contributed by atoms with Crippen LogP contribution >= 0.6 is 0 Å². The molecule has 0 aliphatic carbocycles. The van der Waals surface area contributed by atoms with Crippen molar-refractivity contribution in [3.05, 3.63) is 45.5 Å². The first-order valence-corrected chi connectivity index (χ1v) is 8.77. The Labute approximate surface area is 144 Å². The molecule has 2 atom stereocenters. The fourth-order valence-corrected chi connectivity index (χ4v) is 4.07. The van der Waals surface area contributed by atoms with Crippen LogP contribution in [0.3, 0.4) is 0 Å². The number of benzene rings is 1. The van der Waals surface area contributed by atoms with Gasteiger partial charge < -0.3 is 14.6 Å². The van der Waals surface area contributed by atoms with Crippen LogP contribution in [0.4, 0.5) is 4.39 Å². The number of pyridine rings is 1. The van der Waals surface area contributed by atoms with Crippen molar-refractivity contribution < 1.29 is 13.9 Å². The number of carbonyl (C=O) groups excluding carboxylic acids is 1. The summed E-state index contributed by atoms with van der Waals surface area (Å²) < 4.78 is 20.0. The van der Waals surface area contributed by atoms with Gasteiger partial charge in [0.15, 0.2) is 0 Å². The Morgan fingerprint density at radius 3 is 3.00 bits per heavy atom. The highest BCUT2D eigenvalue weighted by Crippen LogP contribution is 2.30. The number of fused-ring (bicyclic) bond motifs is 2. The first-order chi connectivity index (χ1) is 12.0. The van der Waals surface area contributed by atoms with Gasteiger partial charge in [-0.2, -0.15) is 0 Å². The summed E-state index contributed by atoms with van der Waals surface area (Å²) in [6, 6.07) is 4.39. The van der Waals surface area contributed by atoms with Gasteiger partial charge in [-0.05, 0) is 43.9 Å². The van der Waals surface area contributed by atoms with E-state index in [2.05, 4.69) is 4.98 Å². The molecule has 1 aromatic carbocycles. The molecule has 1 aromatic heterocycles. The maximum atomic E-state index is 14.2. The van der Waals surface area contributed by atoms with Crippen LogP contribution in [0.1, 0.15) is 35.2 Å². The molecule has 0 radical (unpaired) electrons. The summed E-state index contributed by atoms with van der Waals surface area (Å²) in [6.07, 6.45) is 3.11. The Kier molecular flexibility index (Phi) is 4.07. The summed E-state index contributed by atoms with van der Waals surface area (Å²) in [5.41, 5.74) is 0.619. The molecule has 2 saturated heterocycles. The second-order valence-corrected chi connectivity index (χ2v) is 7.07. The number of amides is 1. The highest BCUT2D eigenvalue weighted by atomic mass is 19.1. The second kappa shape index (κ2) is 6.26. The molecule has 2 fully saturated rings. The van der Waals surface area contributed by atoms with E-state index in [1.54, 1.807) is 17.9 Å². The van der Waals surface area contributed by atoms with E-state index in [1.807, 2.05) is 0 Å². The number of halogens is 1. The molecule has 3 heterocycles. The van der Waals surface area contributed by atoms with E-state index in [1.165, 1.54) is 12.1 Å². The van der Waals surface area contributed by atoms with Gasteiger partial charge >= 0.3 is 0 Å². The zero-order chi connectivity index (χ0) is 17.6. The number of aryl methyl sites for hydroxylation is 1. The number of carbonyl (C=O) groups is 1. The molecule has 25 heavy (non-hydrogen) atoms. The smallest absolute Gasteiger partial charge is 0.254 e. The van der Waals surface area contributed by atoms with E-state index in [0.717, 1.165) is 25.9 Å². The number of hydrogen-bond acceptors (Lipinski definition) is 3. The molecular weight excluding hydrogens is 323 g/mol. The molecule has 1 N–H and O–H groups in total. The van der Waals surface area contributed by atoms with Crippen LogP contribution in [0.2, 0.25) is 0 Å². The lowest BCUT2D eigenvalue weighted by Gasteiger charge is -2.41. The number of hydrogen-bond donors (Lipinski definition) is 1. The van der Waals surface area contributed by atoms with Gasteiger partial charge in [-0.3, -0.25) is 9.59 Å². The third-order valence-electron chi connectivity index (χ3n) is 5.28. The Morgan fingerprint density at radius 1 is 1.32 bits per heavy atom. The Morgan fingerprint density at radius 2 is 2.16 bits per heavy atom.